The van der Waals surface area contributed by atoms with Crippen LogP contribution in [0.4, 0.5) is 11.4 Å². The fourth-order valence-corrected chi connectivity index (χ4v) is 4.83. The normalized spacial score (nSPS) is 16.6. The molecule has 2 heterocycles. The monoisotopic (exact) mass is 480 g/mol. The summed E-state index contributed by atoms with van der Waals surface area (Å²) in [6.07, 6.45) is 2.56. The summed E-state index contributed by atoms with van der Waals surface area (Å²) in [5.74, 6) is -0.349. The van der Waals surface area contributed by atoms with Crippen LogP contribution in [0.25, 0.3) is 11.3 Å². The molecule has 184 valence electrons. The van der Waals surface area contributed by atoms with Gasteiger partial charge in [-0.1, -0.05) is 48.5 Å². The first-order valence-corrected chi connectivity index (χ1v) is 12.6. The van der Waals surface area contributed by atoms with Crippen molar-refractivity contribution in [3.05, 3.63) is 95.1 Å². The number of hydrogen-bond donors (Lipinski definition) is 3. The standard InChI is InChI=1S/C30H32N4O2/c1-20(2)31-29(35)23-12-15-25-26(18-23)33-30(36)27(25)28(22-8-4-3-5-9-22)32-24-13-10-21(11-14-24)19-34-16-6-7-17-34/h3-5,8-15,18,20,32H,6-7,16-17,19H2,1-2H3,(H,31,35)(H,33,36)/b28-27-. The molecule has 0 atom stereocenters. The molecular formula is C30H32N4O2. The van der Waals surface area contributed by atoms with Crippen LogP contribution >= 0.6 is 0 Å². The van der Waals surface area contributed by atoms with E-state index in [2.05, 4.69) is 45.1 Å². The lowest BCUT2D eigenvalue weighted by Crippen LogP contribution is -2.30. The summed E-state index contributed by atoms with van der Waals surface area (Å²) in [5, 5.41) is 9.38. The molecule has 3 N–H and O–H groups in total. The fraction of sp³-hybridized carbons (Fsp3) is 0.267. The van der Waals surface area contributed by atoms with Crippen LogP contribution in [0.3, 0.4) is 0 Å². The summed E-state index contributed by atoms with van der Waals surface area (Å²) in [7, 11) is 0. The second kappa shape index (κ2) is 10.4. The zero-order valence-corrected chi connectivity index (χ0v) is 20.8. The molecule has 0 radical (unpaired) electrons. The van der Waals surface area contributed by atoms with Gasteiger partial charge in [-0.2, -0.15) is 0 Å². The van der Waals surface area contributed by atoms with Gasteiger partial charge in [-0.25, -0.2) is 0 Å². The smallest absolute Gasteiger partial charge is 0.258 e. The minimum absolute atomic E-state index is 0.0337. The van der Waals surface area contributed by atoms with Gasteiger partial charge in [-0.15, -0.1) is 0 Å². The highest BCUT2D eigenvalue weighted by atomic mass is 16.2. The van der Waals surface area contributed by atoms with Crippen LogP contribution in [0.15, 0.2) is 72.8 Å². The molecule has 0 spiro atoms. The zero-order valence-electron chi connectivity index (χ0n) is 20.8. The molecule has 2 aliphatic rings. The maximum Gasteiger partial charge on any atom is 0.258 e. The number of nitrogens with zero attached hydrogens (tertiary/aromatic N) is 1. The Bertz CT molecular complexity index is 1290. The molecule has 5 rings (SSSR count). The summed E-state index contributed by atoms with van der Waals surface area (Å²) < 4.78 is 0. The lowest BCUT2D eigenvalue weighted by atomic mass is 9.98. The van der Waals surface area contributed by atoms with Crippen LogP contribution in [0.5, 0.6) is 0 Å². The molecule has 0 unspecified atom stereocenters. The molecule has 1 fully saturated rings. The number of carbonyl (C=O) groups is 2. The van der Waals surface area contributed by atoms with Crippen molar-refractivity contribution in [2.24, 2.45) is 0 Å². The summed E-state index contributed by atoms with van der Waals surface area (Å²) in [6.45, 7) is 7.14. The highest BCUT2D eigenvalue weighted by Crippen LogP contribution is 2.38. The molecule has 6 nitrogen and oxygen atoms in total. The van der Waals surface area contributed by atoms with Crippen LogP contribution in [0.1, 0.15) is 53.7 Å². The Labute approximate surface area is 212 Å². The third-order valence-electron chi connectivity index (χ3n) is 6.59. The van der Waals surface area contributed by atoms with E-state index in [-0.39, 0.29) is 17.9 Å². The number of benzene rings is 3. The van der Waals surface area contributed by atoms with Crippen molar-refractivity contribution in [1.29, 1.82) is 0 Å². The second-order valence-electron chi connectivity index (χ2n) is 9.76. The van der Waals surface area contributed by atoms with Gasteiger partial charge in [0.05, 0.1) is 11.3 Å². The van der Waals surface area contributed by atoms with Crippen LogP contribution in [0, 0.1) is 0 Å². The first-order valence-electron chi connectivity index (χ1n) is 12.6. The molecule has 36 heavy (non-hydrogen) atoms. The Hall–Kier alpha value is -3.90. The topological polar surface area (TPSA) is 73.5 Å². The maximum absolute atomic E-state index is 13.2. The minimum atomic E-state index is -0.191. The molecule has 0 bridgehead atoms. The summed E-state index contributed by atoms with van der Waals surface area (Å²) in [4.78, 5) is 28.2. The third-order valence-corrected chi connectivity index (χ3v) is 6.59. The number of likely N-dealkylation sites (tertiary alicyclic amines) is 1. The predicted octanol–water partition coefficient (Wildman–Crippen LogP) is 5.35. The predicted molar refractivity (Wildman–Crippen MR) is 146 cm³/mol. The Kier molecular flexibility index (Phi) is 6.87. The Morgan fingerprint density at radius 2 is 1.67 bits per heavy atom. The highest BCUT2D eigenvalue weighted by molar-refractivity contribution is 6.37. The maximum atomic E-state index is 13.2. The van der Waals surface area contributed by atoms with Crippen LogP contribution in [-0.2, 0) is 11.3 Å². The number of nitrogens with one attached hydrogen (secondary N) is 3. The van der Waals surface area contributed by atoms with E-state index >= 15 is 0 Å². The van der Waals surface area contributed by atoms with E-state index in [1.807, 2.05) is 50.2 Å². The van der Waals surface area contributed by atoms with Crippen LogP contribution < -0.4 is 16.0 Å². The SMILES string of the molecule is CC(C)NC(=O)c1ccc2c(c1)NC(=O)/C2=C(\Nc1ccc(CN2CCCC2)cc1)c1ccccc1. The number of fused-ring (bicyclic) bond motifs is 1. The van der Waals surface area contributed by atoms with Crippen LogP contribution in [-0.4, -0.2) is 35.8 Å². The van der Waals surface area contributed by atoms with Crippen molar-refractivity contribution < 1.29 is 9.59 Å². The first-order chi connectivity index (χ1) is 17.5. The molecule has 2 amide bonds. The number of rotatable bonds is 7. The van der Waals surface area contributed by atoms with Gasteiger partial charge < -0.3 is 16.0 Å². The lowest BCUT2D eigenvalue weighted by Gasteiger charge is -2.17. The number of carbonyl (C=O) groups excluding carboxylic acids is 2. The molecular weight excluding hydrogens is 448 g/mol. The summed E-state index contributed by atoms with van der Waals surface area (Å²) in [5.41, 5.74) is 6.35. The molecule has 3 aromatic rings. The lowest BCUT2D eigenvalue weighted by molar-refractivity contribution is -0.110. The minimum Gasteiger partial charge on any atom is -0.354 e. The fourth-order valence-electron chi connectivity index (χ4n) is 4.83. The van der Waals surface area contributed by atoms with E-state index in [4.69, 9.17) is 0 Å². The van der Waals surface area contributed by atoms with Crippen molar-refractivity contribution in [3.63, 3.8) is 0 Å². The zero-order chi connectivity index (χ0) is 25.1. The van der Waals surface area contributed by atoms with Crippen molar-refractivity contribution in [3.8, 4) is 0 Å². The van der Waals surface area contributed by atoms with Crippen molar-refractivity contribution in [1.82, 2.24) is 10.2 Å². The molecule has 2 aliphatic heterocycles. The quantitative estimate of drug-likeness (QED) is 0.399. The Balaban J connectivity index is 1.48. The third kappa shape index (κ3) is 5.19. The molecule has 6 heteroatoms. The average Bonchev–Trinajstić information content (AvgIpc) is 3.50. The molecule has 1 saturated heterocycles. The van der Waals surface area contributed by atoms with Crippen molar-refractivity contribution in [2.45, 2.75) is 39.3 Å². The summed E-state index contributed by atoms with van der Waals surface area (Å²) >= 11 is 0. The Morgan fingerprint density at radius 3 is 2.36 bits per heavy atom. The van der Waals surface area contributed by atoms with E-state index in [1.165, 1.54) is 31.5 Å². The Morgan fingerprint density at radius 1 is 0.944 bits per heavy atom. The van der Waals surface area contributed by atoms with Gasteiger partial charge in [0.2, 0.25) is 0 Å². The molecule has 3 aromatic carbocycles. The van der Waals surface area contributed by atoms with Gasteiger partial charge >= 0.3 is 0 Å². The molecule has 0 aromatic heterocycles. The number of amides is 2. The van der Waals surface area contributed by atoms with Crippen LogP contribution in [0.2, 0.25) is 0 Å². The van der Waals surface area contributed by atoms with E-state index in [9.17, 15) is 9.59 Å². The average molecular weight is 481 g/mol. The number of hydrogen-bond acceptors (Lipinski definition) is 4. The van der Waals surface area contributed by atoms with Crippen molar-refractivity contribution in [2.75, 3.05) is 23.7 Å². The second-order valence-corrected chi connectivity index (χ2v) is 9.76. The largest absolute Gasteiger partial charge is 0.354 e. The van der Waals surface area contributed by atoms with Crippen molar-refractivity contribution >= 4 is 34.5 Å². The molecule has 0 saturated carbocycles. The van der Waals surface area contributed by atoms with Gasteiger partial charge in [-0.3, -0.25) is 14.5 Å². The van der Waals surface area contributed by atoms with E-state index < -0.39 is 0 Å². The van der Waals surface area contributed by atoms with E-state index in [0.29, 0.717) is 16.8 Å². The highest BCUT2D eigenvalue weighted by Gasteiger charge is 2.29. The number of anilines is 2. The van der Waals surface area contributed by atoms with Gasteiger partial charge in [0.25, 0.3) is 11.8 Å². The van der Waals surface area contributed by atoms with Gasteiger partial charge in [-0.05, 0) is 75.2 Å². The van der Waals surface area contributed by atoms with E-state index in [1.54, 1.807) is 12.1 Å². The first kappa shape index (κ1) is 23.8. The van der Waals surface area contributed by atoms with Gasteiger partial charge in [0.1, 0.15) is 0 Å². The van der Waals surface area contributed by atoms with E-state index in [0.717, 1.165) is 29.1 Å². The molecule has 0 aliphatic carbocycles. The summed E-state index contributed by atoms with van der Waals surface area (Å²) in [6, 6.07) is 23.7. The van der Waals surface area contributed by atoms with Gasteiger partial charge in [0, 0.05) is 35.1 Å². The van der Waals surface area contributed by atoms with Gasteiger partial charge in [0.15, 0.2) is 0 Å².